The van der Waals surface area contributed by atoms with Crippen molar-refractivity contribution in [2.24, 2.45) is 0 Å². The van der Waals surface area contributed by atoms with Crippen molar-refractivity contribution >= 4 is 23.2 Å². The Morgan fingerprint density at radius 3 is 2.60 bits per heavy atom. The van der Waals surface area contributed by atoms with E-state index in [2.05, 4.69) is 15.1 Å². The smallest absolute Gasteiger partial charge is 0.138 e. The normalized spacial score (nSPS) is 21.9. The first-order valence-corrected chi connectivity index (χ1v) is 7.73. The summed E-state index contributed by atoms with van der Waals surface area (Å²) < 4.78 is 0. The molecule has 0 atom stereocenters. The van der Waals surface area contributed by atoms with E-state index in [1.165, 1.54) is 0 Å². The molecule has 6 heteroatoms. The van der Waals surface area contributed by atoms with Crippen LogP contribution in [0, 0.1) is 0 Å². The molecule has 20 heavy (non-hydrogen) atoms. The molecule has 4 nitrogen and oxygen atoms in total. The lowest BCUT2D eigenvalue weighted by atomic mass is 10.0. The minimum Gasteiger partial charge on any atom is -0.506 e. The first-order valence-electron chi connectivity index (χ1n) is 6.97. The molecule has 2 heterocycles. The van der Waals surface area contributed by atoms with Crippen LogP contribution in [-0.2, 0) is 6.54 Å². The highest BCUT2D eigenvalue weighted by Crippen LogP contribution is 2.33. The van der Waals surface area contributed by atoms with E-state index >= 15 is 0 Å². The summed E-state index contributed by atoms with van der Waals surface area (Å²) in [6.07, 6.45) is 0. The van der Waals surface area contributed by atoms with Crippen LogP contribution in [-0.4, -0.2) is 60.2 Å². The molecule has 1 aromatic carbocycles. The first kappa shape index (κ1) is 14.4. The third-order valence-corrected chi connectivity index (χ3v) is 4.61. The van der Waals surface area contributed by atoms with E-state index in [9.17, 15) is 5.11 Å². The summed E-state index contributed by atoms with van der Waals surface area (Å²) in [4.78, 5) is 4.85. The summed E-state index contributed by atoms with van der Waals surface area (Å²) in [6.45, 7) is 7.23. The molecule has 0 amide bonds. The summed E-state index contributed by atoms with van der Waals surface area (Å²) in [5.74, 6) is 0.154. The Hall–Kier alpha value is -0.520. The summed E-state index contributed by atoms with van der Waals surface area (Å²) in [5, 5.41) is 14.2. The lowest BCUT2D eigenvalue weighted by molar-refractivity contribution is 0.0219. The molecule has 0 bridgehead atoms. The van der Waals surface area contributed by atoms with Crippen molar-refractivity contribution in [2.75, 3.05) is 39.3 Å². The second-order valence-corrected chi connectivity index (χ2v) is 6.37. The Kier molecular flexibility index (Phi) is 4.38. The number of phenolic OH excluding ortho intramolecular Hbond substituents is 1. The van der Waals surface area contributed by atoms with Crippen LogP contribution < -0.4 is 5.32 Å². The lowest BCUT2D eigenvalue weighted by Crippen LogP contribution is -2.62. The Labute approximate surface area is 129 Å². The van der Waals surface area contributed by atoms with Gasteiger partial charge in [0, 0.05) is 62.4 Å². The molecule has 0 aliphatic carbocycles. The lowest BCUT2D eigenvalue weighted by Gasteiger charge is -2.47. The van der Waals surface area contributed by atoms with Crippen molar-refractivity contribution in [3.8, 4) is 5.75 Å². The zero-order valence-corrected chi connectivity index (χ0v) is 12.8. The highest BCUT2D eigenvalue weighted by atomic mass is 35.5. The standard InChI is InChI=1S/C14H19Cl2N3O/c15-11-5-10(14(20)13(16)6-11)7-18-8-12(9-18)19-3-1-17-2-4-19/h5-6,12,17,20H,1-4,7-9H2. The quantitative estimate of drug-likeness (QED) is 0.892. The van der Waals surface area contributed by atoms with Gasteiger partial charge in [-0.15, -0.1) is 0 Å². The first-order chi connectivity index (χ1) is 9.63. The van der Waals surface area contributed by atoms with Crippen LogP contribution in [0.4, 0.5) is 0 Å². The van der Waals surface area contributed by atoms with E-state index in [1.807, 2.05) is 0 Å². The van der Waals surface area contributed by atoms with Crippen molar-refractivity contribution < 1.29 is 5.11 Å². The average molecular weight is 316 g/mol. The van der Waals surface area contributed by atoms with Crippen LogP contribution in [0.5, 0.6) is 5.75 Å². The highest BCUT2D eigenvalue weighted by molar-refractivity contribution is 6.35. The average Bonchev–Trinajstić information content (AvgIpc) is 2.39. The molecule has 0 aromatic heterocycles. The van der Waals surface area contributed by atoms with Crippen LogP contribution in [0.25, 0.3) is 0 Å². The summed E-state index contributed by atoms with van der Waals surface area (Å²) in [5.41, 5.74) is 0.807. The number of halogens is 2. The van der Waals surface area contributed by atoms with E-state index in [-0.39, 0.29) is 5.75 Å². The van der Waals surface area contributed by atoms with Crippen LogP contribution >= 0.6 is 23.2 Å². The maximum Gasteiger partial charge on any atom is 0.138 e. The molecule has 2 N–H and O–H groups in total. The van der Waals surface area contributed by atoms with E-state index in [0.29, 0.717) is 22.6 Å². The number of likely N-dealkylation sites (tertiary alicyclic amines) is 1. The van der Waals surface area contributed by atoms with Crippen molar-refractivity contribution in [2.45, 2.75) is 12.6 Å². The summed E-state index contributed by atoms with van der Waals surface area (Å²) in [6, 6.07) is 4.01. The largest absolute Gasteiger partial charge is 0.506 e. The van der Waals surface area contributed by atoms with Crippen molar-refractivity contribution in [3.63, 3.8) is 0 Å². The second kappa shape index (κ2) is 6.08. The Balaban J connectivity index is 1.56. The summed E-state index contributed by atoms with van der Waals surface area (Å²) >= 11 is 11.9. The third-order valence-electron chi connectivity index (χ3n) is 4.11. The molecule has 110 valence electrons. The number of hydrogen-bond acceptors (Lipinski definition) is 4. The van der Waals surface area contributed by atoms with E-state index in [1.54, 1.807) is 12.1 Å². The Bertz CT molecular complexity index is 486. The van der Waals surface area contributed by atoms with Gasteiger partial charge in [0.05, 0.1) is 5.02 Å². The fraction of sp³-hybridized carbons (Fsp3) is 0.571. The monoisotopic (exact) mass is 315 g/mol. The predicted molar refractivity (Wildman–Crippen MR) is 81.6 cm³/mol. The number of hydrogen-bond donors (Lipinski definition) is 2. The molecular weight excluding hydrogens is 297 g/mol. The van der Waals surface area contributed by atoms with Gasteiger partial charge in [-0.1, -0.05) is 23.2 Å². The van der Waals surface area contributed by atoms with Gasteiger partial charge in [-0.25, -0.2) is 0 Å². The molecule has 0 unspecified atom stereocenters. The van der Waals surface area contributed by atoms with Gasteiger partial charge in [-0.05, 0) is 12.1 Å². The molecule has 0 radical (unpaired) electrons. The van der Waals surface area contributed by atoms with Gasteiger partial charge in [0.15, 0.2) is 0 Å². The number of rotatable bonds is 3. The number of nitrogens with zero attached hydrogens (tertiary/aromatic N) is 2. The van der Waals surface area contributed by atoms with Gasteiger partial charge in [0.25, 0.3) is 0 Å². The topological polar surface area (TPSA) is 38.7 Å². The third kappa shape index (κ3) is 3.05. The second-order valence-electron chi connectivity index (χ2n) is 5.53. The van der Waals surface area contributed by atoms with Crippen molar-refractivity contribution in [3.05, 3.63) is 27.7 Å². The number of benzene rings is 1. The molecular formula is C14H19Cl2N3O. The molecule has 2 aliphatic rings. The minimum atomic E-state index is 0.154. The maximum atomic E-state index is 9.97. The minimum absolute atomic E-state index is 0.154. The van der Waals surface area contributed by atoms with Gasteiger partial charge in [-0.2, -0.15) is 0 Å². The molecule has 2 aliphatic heterocycles. The van der Waals surface area contributed by atoms with E-state index in [0.717, 1.165) is 44.8 Å². The number of nitrogens with one attached hydrogen (secondary N) is 1. The molecule has 2 fully saturated rings. The molecule has 0 spiro atoms. The SMILES string of the molecule is Oc1c(Cl)cc(Cl)cc1CN1CC(N2CCNCC2)C1. The van der Waals surface area contributed by atoms with Crippen molar-refractivity contribution in [1.82, 2.24) is 15.1 Å². The van der Waals surface area contributed by atoms with Gasteiger partial charge < -0.3 is 10.4 Å². The Morgan fingerprint density at radius 1 is 1.20 bits per heavy atom. The van der Waals surface area contributed by atoms with Gasteiger partial charge >= 0.3 is 0 Å². The highest BCUT2D eigenvalue weighted by Gasteiger charge is 2.32. The van der Waals surface area contributed by atoms with Crippen LogP contribution in [0.1, 0.15) is 5.56 Å². The molecule has 2 saturated heterocycles. The van der Waals surface area contributed by atoms with Gasteiger partial charge in [0.1, 0.15) is 5.75 Å². The maximum absolute atomic E-state index is 9.97. The number of aromatic hydroxyl groups is 1. The van der Waals surface area contributed by atoms with E-state index in [4.69, 9.17) is 23.2 Å². The van der Waals surface area contributed by atoms with Gasteiger partial charge in [0.2, 0.25) is 0 Å². The fourth-order valence-corrected chi connectivity index (χ4v) is 3.47. The fourth-order valence-electron chi connectivity index (χ4n) is 2.93. The van der Waals surface area contributed by atoms with E-state index < -0.39 is 0 Å². The van der Waals surface area contributed by atoms with Crippen LogP contribution in [0.2, 0.25) is 10.0 Å². The van der Waals surface area contributed by atoms with Crippen LogP contribution in [0.3, 0.4) is 0 Å². The number of phenols is 1. The number of piperazine rings is 1. The zero-order chi connectivity index (χ0) is 14.1. The zero-order valence-electron chi connectivity index (χ0n) is 11.3. The molecule has 3 rings (SSSR count). The predicted octanol–water partition coefficient (Wildman–Crippen LogP) is 1.79. The Morgan fingerprint density at radius 2 is 1.90 bits per heavy atom. The van der Waals surface area contributed by atoms with Gasteiger partial charge in [-0.3, -0.25) is 9.80 Å². The summed E-state index contributed by atoms with van der Waals surface area (Å²) in [7, 11) is 0. The van der Waals surface area contributed by atoms with Crippen LogP contribution in [0.15, 0.2) is 12.1 Å². The van der Waals surface area contributed by atoms with Crippen molar-refractivity contribution in [1.29, 1.82) is 0 Å². The molecule has 0 saturated carbocycles. The molecule has 1 aromatic rings.